The van der Waals surface area contributed by atoms with Gasteiger partial charge in [-0.05, 0) is 45.0 Å². The molecule has 1 aromatic carbocycles. The molecule has 1 aromatic rings. The molecule has 0 radical (unpaired) electrons. The number of hydrogen-bond acceptors (Lipinski definition) is 3. The van der Waals surface area contributed by atoms with Gasteiger partial charge in [-0.25, -0.2) is 0 Å². The van der Waals surface area contributed by atoms with Gasteiger partial charge in [0.25, 0.3) is 0 Å². The molecule has 2 rings (SSSR count). The van der Waals surface area contributed by atoms with Crippen molar-refractivity contribution in [1.82, 2.24) is 15.5 Å². The van der Waals surface area contributed by atoms with Gasteiger partial charge in [-0.15, -0.1) is 0 Å². The lowest BCUT2D eigenvalue weighted by atomic mass is 9.96. The quantitative estimate of drug-likeness (QED) is 0.750. The van der Waals surface area contributed by atoms with Crippen molar-refractivity contribution in [3.63, 3.8) is 0 Å². The van der Waals surface area contributed by atoms with E-state index in [-0.39, 0.29) is 11.8 Å². The van der Waals surface area contributed by atoms with Crippen LogP contribution in [0.25, 0.3) is 0 Å². The molecule has 1 fully saturated rings. The molecule has 0 spiro atoms. The van der Waals surface area contributed by atoms with Crippen LogP contribution in [0.4, 0.5) is 0 Å². The highest BCUT2D eigenvalue weighted by Gasteiger charge is 2.25. The van der Waals surface area contributed by atoms with Crippen LogP contribution in [0.2, 0.25) is 0 Å². The number of carbonyl (C=O) groups is 1. The van der Waals surface area contributed by atoms with Gasteiger partial charge in [0.1, 0.15) is 0 Å². The van der Waals surface area contributed by atoms with Crippen LogP contribution in [-0.4, -0.2) is 44.0 Å². The van der Waals surface area contributed by atoms with Crippen molar-refractivity contribution in [2.45, 2.75) is 25.8 Å². The van der Waals surface area contributed by atoms with Gasteiger partial charge in [0.15, 0.2) is 0 Å². The molecule has 1 atom stereocenters. The summed E-state index contributed by atoms with van der Waals surface area (Å²) in [5.74, 6) is 0.376. The van der Waals surface area contributed by atoms with E-state index in [1.165, 1.54) is 5.56 Å². The molecule has 1 aliphatic heterocycles. The van der Waals surface area contributed by atoms with E-state index >= 15 is 0 Å². The smallest absolute Gasteiger partial charge is 0.224 e. The Morgan fingerprint density at radius 3 is 2.86 bits per heavy atom. The minimum Gasteiger partial charge on any atom is -0.356 e. The number of likely N-dealkylation sites (tertiary alicyclic amines) is 1. The zero-order valence-corrected chi connectivity index (χ0v) is 13.0. The molecule has 21 heavy (non-hydrogen) atoms. The van der Waals surface area contributed by atoms with Crippen molar-refractivity contribution >= 4 is 5.91 Å². The molecule has 1 aliphatic rings. The van der Waals surface area contributed by atoms with Crippen molar-refractivity contribution < 1.29 is 4.79 Å². The average molecular weight is 289 g/mol. The Balaban J connectivity index is 1.76. The first-order chi connectivity index (χ1) is 10.3. The van der Waals surface area contributed by atoms with Gasteiger partial charge in [-0.3, -0.25) is 9.69 Å². The number of hydrogen-bond donors (Lipinski definition) is 2. The molecule has 4 heteroatoms. The topological polar surface area (TPSA) is 44.4 Å². The second kappa shape index (κ2) is 8.80. The molecular weight excluding hydrogens is 262 g/mol. The van der Waals surface area contributed by atoms with E-state index in [9.17, 15) is 4.79 Å². The maximum absolute atomic E-state index is 12.2. The Hall–Kier alpha value is -1.39. The molecule has 0 saturated carbocycles. The molecule has 0 aliphatic carbocycles. The lowest BCUT2D eigenvalue weighted by Gasteiger charge is -2.32. The van der Waals surface area contributed by atoms with Crippen LogP contribution in [0, 0.1) is 5.92 Å². The summed E-state index contributed by atoms with van der Waals surface area (Å²) < 4.78 is 0. The van der Waals surface area contributed by atoms with Gasteiger partial charge in [-0.1, -0.05) is 30.3 Å². The summed E-state index contributed by atoms with van der Waals surface area (Å²) in [5.41, 5.74) is 1.33. The highest BCUT2D eigenvalue weighted by Crippen LogP contribution is 2.18. The van der Waals surface area contributed by atoms with E-state index in [4.69, 9.17) is 0 Å². The Morgan fingerprint density at radius 1 is 1.29 bits per heavy atom. The van der Waals surface area contributed by atoms with Crippen molar-refractivity contribution in [3.05, 3.63) is 35.9 Å². The van der Waals surface area contributed by atoms with E-state index in [0.29, 0.717) is 0 Å². The molecule has 1 amide bonds. The molecule has 2 N–H and O–H groups in total. The van der Waals surface area contributed by atoms with Gasteiger partial charge in [0, 0.05) is 19.6 Å². The Morgan fingerprint density at radius 2 is 2.10 bits per heavy atom. The van der Waals surface area contributed by atoms with Crippen molar-refractivity contribution in [3.8, 4) is 0 Å². The van der Waals surface area contributed by atoms with Gasteiger partial charge in [-0.2, -0.15) is 0 Å². The van der Waals surface area contributed by atoms with Crippen molar-refractivity contribution in [2.75, 3.05) is 33.2 Å². The van der Waals surface area contributed by atoms with Gasteiger partial charge >= 0.3 is 0 Å². The van der Waals surface area contributed by atoms with E-state index in [2.05, 4.69) is 39.8 Å². The van der Waals surface area contributed by atoms with Crippen LogP contribution >= 0.6 is 0 Å². The summed E-state index contributed by atoms with van der Waals surface area (Å²) in [5, 5.41) is 6.16. The molecule has 116 valence electrons. The number of nitrogens with one attached hydrogen (secondary N) is 2. The lowest BCUT2D eigenvalue weighted by molar-refractivity contribution is -0.126. The molecule has 0 bridgehead atoms. The zero-order chi connectivity index (χ0) is 14.9. The van der Waals surface area contributed by atoms with Crippen LogP contribution < -0.4 is 10.6 Å². The number of amides is 1. The highest BCUT2D eigenvalue weighted by atomic mass is 16.1. The van der Waals surface area contributed by atoms with Crippen molar-refractivity contribution in [2.24, 2.45) is 5.92 Å². The zero-order valence-electron chi connectivity index (χ0n) is 13.0. The number of piperidine rings is 1. The molecule has 1 unspecified atom stereocenters. The summed E-state index contributed by atoms with van der Waals surface area (Å²) in [7, 11) is 1.93. The first kappa shape index (κ1) is 16.0. The Kier molecular flexibility index (Phi) is 6.70. The maximum atomic E-state index is 12.2. The van der Waals surface area contributed by atoms with E-state index < -0.39 is 0 Å². The summed E-state index contributed by atoms with van der Waals surface area (Å²) >= 11 is 0. The lowest BCUT2D eigenvalue weighted by Crippen LogP contribution is -2.43. The van der Waals surface area contributed by atoms with Crippen LogP contribution in [0.1, 0.15) is 24.8 Å². The first-order valence-corrected chi connectivity index (χ1v) is 7.98. The highest BCUT2D eigenvalue weighted by molar-refractivity contribution is 5.78. The van der Waals surface area contributed by atoms with E-state index in [0.717, 1.165) is 52.0 Å². The van der Waals surface area contributed by atoms with E-state index in [1.54, 1.807) is 0 Å². The fraction of sp³-hybridized carbons (Fsp3) is 0.588. The molecule has 1 heterocycles. The fourth-order valence-electron chi connectivity index (χ4n) is 2.88. The Bertz CT molecular complexity index is 421. The fourth-order valence-corrected chi connectivity index (χ4v) is 2.88. The minimum atomic E-state index is 0.150. The maximum Gasteiger partial charge on any atom is 0.224 e. The molecular formula is C17H27N3O. The predicted octanol–water partition coefficient (Wildman–Crippen LogP) is 1.62. The third-order valence-electron chi connectivity index (χ3n) is 4.03. The number of carbonyl (C=O) groups excluding carboxylic acids is 1. The Labute approximate surface area is 127 Å². The summed E-state index contributed by atoms with van der Waals surface area (Å²) in [6.45, 7) is 4.65. The van der Waals surface area contributed by atoms with Crippen molar-refractivity contribution in [1.29, 1.82) is 0 Å². The van der Waals surface area contributed by atoms with Gasteiger partial charge in [0.05, 0.1) is 5.92 Å². The summed E-state index contributed by atoms with van der Waals surface area (Å²) in [4.78, 5) is 14.6. The normalized spacial score (nSPS) is 19.4. The number of benzene rings is 1. The third kappa shape index (κ3) is 5.48. The number of nitrogens with zero attached hydrogens (tertiary/aromatic N) is 1. The monoisotopic (exact) mass is 289 g/mol. The van der Waals surface area contributed by atoms with Gasteiger partial charge in [0.2, 0.25) is 5.91 Å². The standard InChI is InChI=1S/C17H27N3O/c1-18-10-6-11-19-17(21)16-9-5-12-20(14-16)13-15-7-3-2-4-8-15/h2-4,7-8,16,18H,5-6,9-14H2,1H3,(H,19,21). The second-order valence-corrected chi connectivity index (χ2v) is 5.81. The second-order valence-electron chi connectivity index (χ2n) is 5.81. The molecule has 4 nitrogen and oxygen atoms in total. The largest absolute Gasteiger partial charge is 0.356 e. The van der Waals surface area contributed by atoms with Crippen LogP contribution in [0.15, 0.2) is 30.3 Å². The van der Waals surface area contributed by atoms with E-state index in [1.807, 2.05) is 13.1 Å². The first-order valence-electron chi connectivity index (χ1n) is 7.98. The van der Waals surface area contributed by atoms with Crippen LogP contribution in [0.3, 0.4) is 0 Å². The minimum absolute atomic E-state index is 0.150. The van der Waals surface area contributed by atoms with Gasteiger partial charge < -0.3 is 10.6 Å². The SMILES string of the molecule is CNCCCNC(=O)C1CCCN(Cc2ccccc2)C1. The predicted molar refractivity (Wildman–Crippen MR) is 86.0 cm³/mol. The van der Waals surface area contributed by atoms with Crippen LogP contribution in [0.5, 0.6) is 0 Å². The molecule has 1 saturated heterocycles. The summed E-state index contributed by atoms with van der Waals surface area (Å²) in [6.07, 6.45) is 3.12. The molecule has 0 aromatic heterocycles. The third-order valence-corrected chi connectivity index (χ3v) is 4.03. The van der Waals surface area contributed by atoms with Crippen LogP contribution in [-0.2, 0) is 11.3 Å². The number of rotatable bonds is 7. The summed E-state index contributed by atoms with van der Waals surface area (Å²) in [6, 6.07) is 10.5. The average Bonchev–Trinajstić information content (AvgIpc) is 2.53.